The Kier molecular flexibility index (Phi) is 6.20. The normalized spacial score (nSPS) is 13.0. The fourth-order valence-electron chi connectivity index (χ4n) is 3.11. The predicted octanol–water partition coefficient (Wildman–Crippen LogP) is 5.26. The van der Waals surface area contributed by atoms with Gasteiger partial charge in [0.2, 0.25) is 0 Å². The van der Waals surface area contributed by atoms with Crippen molar-refractivity contribution < 1.29 is 39.5 Å². The summed E-state index contributed by atoms with van der Waals surface area (Å²) in [4.78, 5) is 0. The maximum atomic E-state index is 13.7. The molecule has 0 heterocycles. The van der Waals surface area contributed by atoms with Gasteiger partial charge in [-0.05, 0) is 0 Å². The van der Waals surface area contributed by atoms with E-state index in [1.807, 2.05) is 0 Å². The topological polar surface area (TPSA) is 0 Å². The molecule has 3 aromatic carbocycles. The molecule has 0 aromatic heterocycles. The van der Waals surface area contributed by atoms with Gasteiger partial charge in [-0.25, -0.2) is 0 Å². The molecule has 0 fully saturated rings. The summed E-state index contributed by atoms with van der Waals surface area (Å²) in [5.74, 6) is 0. The fourth-order valence-corrected chi connectivity index (χ4v) is 9.01. The molecule has 0 bridgehead atoms. The zero-order valence-corrected chi connectivity index (χ0v) is 17.2. The van der Waals surface area contributed by atoms with Gasteiger partial charge in [0, 0.05) is 0 Å². The Balaban J connectivity index is 2.44. The first-order valence-corrected chi connectivity index (χ1v) is 11.4. The Hall–Kier alpha value is -2.41. The van der Waals surface area contributed by atoms with Crippen molar-refractivity contribution in [3.05, 3.63) is 89.5 Å². The first kappa shape index (κ1) is 23.3. The van der Waals surface area contributed by atoms with Gasteiger partial charge in [-0.15, -0.1) is 0 Å². The van der Waals surface area contributed by atoms with Crippen molar-refractivity contribution in [2.75, 3.05) is 0 Å². The minimum absolute atomic E-state index is 0.559. The van der Waals surface area contributed by atoms with Gasteiger partial charge >= 0.3 is 175 Å². The summed E-state index contributed by atoms with van der Waals surface area (Å²) in [6.07, 6.45) is -14.9. The SMILES string of the molecule is FC(F)(F)c1ccccc1[As](c1ccccc1C(F)(F)F)c1ccccc1C(F)(F)F. The summed E-state index contributed by atoms with van der Waals surface area (Å²) in [6, 6.07) is 11.6. The number of hydrogen-bond acceptors (Lipinski definition) is 0. The molecule has 0 spiro atoms. The second kappa shape index (κ2) is 8.26. The Morgan fingerprint density at radius 3 is 0.839 bits per heavy atom. The standard InChI is InChI=1S/C21H12AsF9/c23-19(24,25)13-7-1-4-10-16(13)22(17-11-5-2-8-14(17)20(26,27)28)18-12-6-3-9-15(18)21(29,30)31/h1-12H. The summed E-state index contributed by atoms with van der Waals surface area (Å²) in [7, 11) is 0. The van der Waals surface area contributed by atoms with Crippen LogP contribution in [0.2, 0.25) is 0 Å². The van der Waals surface area contributed by atoms with Crippen molar-refractivity contribution in [2.24, 2.45) is 0 Å². The molecule has 0 aliphatic heterocycles. The van der Waals surface area contributed by atoms with Crippen LogP contribution in [0.3, 0.4) is 0 Å². The fraction of sp³-hybridized carbons (Fsp3) is 0.143. The Morgan fingerprint density at radius 1 is 0.387 bits per heavy atom. The second-order valence-corrected chi connectivity index (χ2v) is 10.8. The summed E-state index contributed by atoms with van der Waals surface area (Å²) in [5, 5.41) is 0. The third-order valence-electron chi connectivity index (χ3n) is 4.35. The van der Waals surface area contributed by atoms with E-state index in [9.17, 15) is 39.5 Å². The van der Waals surface area contributed by atoms with Gasteiger partial charge in [0.05, 0.1) is 0 Å². The molecule has 0 N–H and O–H groups in total. The number of rotatable bonds is 3. The van der Waals surface area contributed by atoms with Crippen molar-refractivity contribution in [2.45, 2.75) is 18.5 Å². The quantitative estimate of drug-likeness (QED) is 0.334. The summed E-state index contributed by atoms with van der Waals surface area (Å²) < 4.78 is 122. The molecule has 10 heteroatoms. The molecule has 164 valence electrons. The van der Waals surface area contributed by atoms with E-state index in [0.717, 1.165) is 36.4 Å². The average Bonchev–Trinajstić information content (AvgIpc) is 2.67. The third-order valence-corrected chi connectivity index (χ3v) is 9.84. The second-order valence-electron chi connectivity index (χ2n) is 6.38. The van der Waals surface area contributed by atoms with Crippen LogP contribution in [0.25, 0.3) is 0 Å². The molecule has 0 atom stereocenters. The first-order valence-electron chi connectivity index (χ1n) is 8.60. The average molecular weight is 510 g/mol. The molecular formula is C21H12AsF9. The Bertz CT molecular complexity index is 928. The zero-order chi connectivity index (χ0) is 23.0. The molecular weight excluding hydrogens is 498 g/mol. The van der Waals surface area contributed by atoms with Gasteiger partial charge in [-0.3, -0.25) is 0 Å². The van der Waals surface area contributed by atoms with Gasteiger partial charge in [-0.2, -0.15) is 0 Å². The maximum absolute atomic E-state index is 13.7. The number of benzene rings is 3. The van der Waals surface area contributed by atoms with E-state index in [2.05, 4.69) is 0 Å². The third kappa shape index (κ3) is 4.92. The van der Waals surface area contributed by atoms with Crippen molar-refractivity contribution in [1.82, 2.24) is 0 Å². The van der Waals surface area contributed by atoms with Crippen LogP contribution in [0.4, 0.5) is 39.5 Å². The molecule has 0 nitrogen and oxygen atoms in total. The van der Waals surface area contributed by atoms with E-state index in [0.29, 0.717) is 18.2 Å². The van der Waals surface area contributed by atoms with Crippen molar-refractivity contribution in [3.63, 3.8) is 0 Å². The minimum atomic E-state index is -4.95. The van der Waals surface area contributed by atoms with Gasteiger partial charge in [0.1, 0.15) is 0 Å². The van der Waals surface area contributed by atoms with Gasteiger partial charge in [0.15, 0.2) is 0 Å². The number of hydrogen-bond donors (Lipinski definition) is 0. The van der Waals surface area contributed by atoms with E-state index < -0.39 is 62.9 Å². The molecule has 3 aromatic rings. The molecule has 31 heavy (non-hydrogen) atoms. The molecule has 0 unspecified atom stereocenters. The molecule has 0 aliphatic rings. The molecule has 0 radical (unpaired) electrons. The van der Waals surface area contributed by atoms with Crippen LogP contribution in [0.5, 0.6) is 0 Å². The van der Waals surface area contributed by atoms with Gasteiger partial charge in [0.25, 0.3) is 0 Å². The molecule has 0 amide bonds. The Morgan fingerprint density at radius 2 is 0.613 bits per heavy atom. The summed E-state index contributed by atoms with van der Waals surface area (Å²) >= 11 is -3.98. The van der Waals surface area contributed by atoms with E-state index in [1.165, 1.54) is 18.2 Å². The molecule has 0 aliphatic carbocycles. The molecule has 0 saturated carbocycles. The first-order chi connectivity index (χ1) is 14.3. The Labute approximate surface area is 175 Å². The zero-order valence-electron chi connectivity index (χ0n) is 15.3. The van der Waals surface area contributed by atoms with Crippen molar-refractivity contribution in [1.29, 1.82) is 0 Å². The predicted molar refractivity (Wildman–Crippen MR) is 99.0 cm³/mol. The van der Waals surface area contributed by atoms with Crippen LogP contribution in [-0.2, 0) is 18.5 Å². The van der Waals surface area contributed by atoms with Crippen molar-refractivity contribution >= 4 is 27.7 Å². The van der Waals surface area contributed by atoms with Crippen LogP contribution in [0, 0.1) is 0 Å². The van der Waals surface area contributed by atoms with Crippen LogP contribution in [-0.4, -0.2) is 14.7 Å². The van der Waals surface area contributed by atoms with E-state index in [-0.39, 0.29) is 0 Å². The molecule has 0 saturated heterocycles. The number of halogens is 9. The van der Waals surface area contributed by atoms with Gasteiger partial charge in [-0.1, -0.05) is 0 Å². The van der Waals surface area contributed by atoms with E-state index in [4.69, 9.17) is 0 Å². The van der Waals surface area contributed by atoms with Crippen LogP contribution in [0.15, 0.2) is 72.8 Å². The monoisotopic (exact) mass is 510 g/mol. The van der Waals surface area contributed by atoms with Crippen LogP contribution >= 0.6 is 0 Å². The van der Waals surface area contributed by atoms with Crippen molar-refractivity contribution in [3.8, 4) is 0 Å². The summed E-state index contributed by atoms with van der Waals surface area (Å²) in [6.45, 7) is 0. The van der Waals surface area contributed by atoms with E-state index in [1.54, 1.807) is 0 Å². The van der Waals surface area contributed by atoms with Gasteiger partial charge < -0.3 is 0 Å². The molecule has 3 rings (SSSR count). The number of alkyl halides is 9. The van der Waals surface area contributed by atoms with Crippen LogP contribution < -0.4 is 13.1 Å². The summed E-state index contributed by atoms with van der Waals surface area (Å²) in [5.41, 5.74) is -3.74. The van der Waals surface area contributed by atoms with Crippen LogP contribution in [0.1, 0.15) is 16.7 Å². The van der Waals surface area contributed by atoms with E-state index >= 15 is 0 Å².